The van der Waals surface area contributed by atoms with Crippen molar-refractivity contribution in [2.75, 3.05) is 16.8 Å². The fourth-order valence-corrected chi connectivity index (χ4v) is 3.14. The lowest BCUT2D eigenvalue weighted by Gasteiger charge is -2.15. The van der Waals surface area contributed by atoms with Crippen LogP contribution >= 0.6 is 0 Å². The van der Waals surface area contributed by atoms with E-state index >= 15 is 0 Å². The van der Waals surface area contributed by atoms with Gasteiger partial charge in [-0.1, -0.05) is 36.4 Å². The molecule has 4 aromatic rings. The van der Waals surface area contributed by atoms with E-state index in [2.05, 4.69) is 20.3 Å². The van der Waals surface area contributed by atoms with Crippen LogP contribution in [0.2, 0.25) is 0 Å². The molecule has 1 aromatic heterocycles. The van der Waals surface area contributed by atoms with Crippen molar-refractivity contribution in [1.29, 1.82) is 5.26 Å². The maximum Gasteiger partial charge on any atom is 0.327 e. The fourth-order valence-electron chi connectivity index (χ4n) is 3.14. The molecule has 0 saturated heterocycles. The van der Waals surface area contributed by atoms with Gasteiger partial charge in [0.1, 0.15) is 11.4 Å². The molecule has 0 radical (unpaired) electrons. The quantitative estimate of drug-likeness (QED) is 0.141. The molecular weight excluding hydrogens is 458 g/mol. The number of nitrogens with one attached hydrogen (secondary N) is 1. The number of aliphatic imine (C=N–C) groups is 1. The molecule has 9 N–H and O–H groups in total. The first-order valence-corrected chi connectivity index (χ1v) is 10.7. The zero-order chi connectivity index (χ0) is 25.5. The van der Waals surface area contributed by atoms with Crippen molar-refractivity contribution in [2.45, 2.75) is 6.54 Å². The van der Waals surface area contributed by atoms with E-state index in [0.717, 1.165) is 5.56 Å². The summed E-state index contributed by atoms with van der Waals surface area (Å²) in [6.45, 7) is 0.437. The fraction of sp³-hybridized carbons (Fsp3) is 0.0400. The molecule has 180 valence electrons. The summed E-state index contributed by atoms with van der Waals surface area (Å²) >= 11 is 0. The maximum atomic E-state index is 9.21. The van der Waals surface area contributed by atoms with Crippen LogP contribution in [0.3, 0.4) is 0 Å². The van der Waals surface area contributed by atoms with E-state index in [1.54, 1.807) is 36.4 Å². The molecule has 3 aromatic carbocycles. The van der Waals surface area contributed by atoms with Gasteiger partial charge in [0.15, 0.2) is 17.5 Å². The summed E-state index contributed by atoms with van der Waals surface area (Å²) < 4.78 is 11.8. The van der Waals surface area contributed by atoms with Crippen LogP contribution in [0.25, 0.3) is 0 Å². The van der Waals surface area contributed by atoms with Gasteiger partial charge in [-0.25, -0.2) is 4.99 Å². The number of hydrogen-bond donors (Lipinski definition) is 5. The smallest absolute Gasteiger partial charge is 0.327 e. The van der Waals surface area contributed by atoms with Gasteiger partial charge >= 0.3 is 6.01 Å². The molecule has 36 heavy (non-hydrogen) atoms. The molecule has 11 heteroatoms. The third-order valence-corrected chi connectivity index (χ3v) is 4.83. The Labute approximate surface area is 207 Å². The topological polar surface area (TPSA) is 196 Å². The lowest BCUT2D eigenvalue weighted by atomic mass is 10.2. The highest BCUT2D eigenvalue weighted by atomic mass is 16.5. The molecule has 0 saturated carbocycles. The molecular formula is C25H23N9O2. The normalized spacial score (nSPS) is 10.2. The van der Waals surface area contributed by atoms with Crippen LogP contribution in [-0.2, 0) is 6.54 Å². The van der Waals surface area contributed by atoms with Crippen molar-refractivity contribution in [3.8, 4) is 29.5 Å². The SMILES string of the molecule is N#Cc1ccc(N)c(Oc2nc(NCc3ccccc3)c(N)c(Oc3cccc(N=C(N)N)c3)n2)c1. The van der Waals surface area contributed by atoms with Gasteiger partial charge in [0, 0.05) is 18.7 Å². The number of anilines is 3. The van der Waals surface area contributed by atoms with Crippen LogP contribution in [0, 0.1) is 11.3 Å². The summed E-state index contributed by atoms with van der Waals surface area (Å²) in [5.74, 6) is 0.832. The molecule has 0 fully saturated rings. The second-order valence-electron chi connectivity index (χ2n) is 7.52. The number of rotatable bonds is 8. The van der Waals surface area contributed by atoms with Crippen molar-refractivity contribution in [3.05, 3.63) is 83.9 Å². The first kappa shape index (κ1) is 23.7. The standard InChI is InChI=1S/C25H23N9O2/c26-13-16-9-10-19(27)20(11-16)36-25-33-22(31-14-15-5-2-1-3-6-15)21(28)23(34-25)35-18-8-4-7-17(12-18)32-24(29)30/h1-12H,14,27-28H2,(H4,29,30,32)(H,31,33,34). The van der Waals surface area contributed by atoms with Gasteiger partial charge in [-0.05, 0) is 29.8 Å². The highest BCUT2D eigenvalue weighted by Gasteiger charge is 2.17. The summed E-state index contributed by atoms with van der Waals surface area (Å²) in [7, 11) is 0. The van der Waals surface area contributed by atoms with E-state index in [0.29, 0.717) is 29.2 Å². The van der Waals surface area contributed by atoms with Crippen LogP contribution in [0.4, 0.5) is 22.9 Å². The lowest BCUT2D eigenvalue weighted by molar-refractivity contribution is 0.415. The zero-order valence-electron chi connectivity index (χ0n) is 19.1. The first-order chi connectivity index (χ1) is 17.4. The number of guanidine groups is 1. The number of ether oxygens (including phenoxy) is 2. The van der Waals surface area contributed by atoms with Gasteiger partial charge in [-0.2, -0.15) is 15.2 Å². The number of nitrogens with two attached hydrogens (primary N) is 4. The Bertz CT molecular complexity index is 1450. The minimum absolute atomic E-state index is 0.0346. The van der Waals surface area contributed by atoms with Crippen molar-refractivity contribution in [1.82, 2.24) is 9.97 Å². The van der Waals surface area contributed by atoms with Crippen molar-refractivity contribution < 1.29 is 9.47 Å². The molecule has 1 heterocycles. The van der Waals surface area contributed by atoms with E-state index in [1.165, 1.54) is 6.07 Å². The largest absolute Gasteiger partial charge is 0.437 e. The minimum atomic E-state index is -0.0889. The van der Waals surface area contributed by atoms with Crippen LogP contribution in [0.1, 0.15) is 11.1 Å². The van der Waals surface area contributed by atoms with E-state index in [4.69, 9.17) is 32.4 Å². The van der Waals surface area contributed by atoms with Gasteiger partial charge in [0.25, 0.3) is 5.88 Å². The van der Waals surface area contributed by atoms with Crippen LogP contribution in [0.5, 0.6) is 23.4 Å². The van der Waals surface area contributed by atoms with E-state index in [1.807, 2.05) is 36.4 Å². The molecule has 4 rings (SSSR count). The van der Waals surface area contributed by atoms with E-state index in [-0.39, 0.29) is 35.1 Å². The average Bonchev–Trinajstić information content (AvgIpc) is 2.87. The maximum absolute atomic E-state index is 9.21. The molecule has 0 aliphatic rings. The summed E-state index contributed by atoms with van der Waals surface area (Å²) in [6.07, 6.45) is 0. The Morgan fingerprint density at radius 3 is 2.50 bits per heavy atom. The summed E-state index contributed by atoms with van der Waals surface area (Å²) in [4.78, 5) is 12.7. The second kappa shape index (κ2) is 10.6. The number of aromatic nitrogens is 2. The second-order valence-corrected chi connectivity index (χ2v) is 7.52. The molecule has 0 spiro atoms. The Balaban J connectivity index is 1.70. The zero-order valence-corrected chi connectivity index (χ0v) is 19.1. The Morgan fingerprint density at radius 1 is 0.944 bits per heavy atom. The Kier molecular flexibility index (Phi) is 6.98. The predicted molar refractivity (Wildman–Crippen MR) is 138 cm³/mol. The van der Waals surface area contributed by atoms with Crippen molar-refractivity contribution in [2.24, 2.45) is 16.5 Å². The highest BCUT2D eigenvalue weighted by Crippen LogP contribution is 2.35. The lowest BCUT2D eigenvalue weighted by Crippen LogP contribution is -2.21. The monoisotopic (exact) mass is 481 g/mol. The van der Waals surface area contributed by atoms with Gasteiger partial charge in [-0.3, -0.25) is 0 Å². The van der Waals surface area contributed by atoms with Crippen LogP contribution in [0.15, 0.2) is 77.8 Å². The van der Waals surface area contributed by atoms with Gasteiger partial charge < -0.3 is 37.7 Å². The summed E-state index contributed by atoms with van der Waals surface area (Å²) in [6, 6.07) is 23.0. The highest BCUT2D eigenvalue weighted by molar-refractivity contribution is 5.79. The number of nitrogens with zero attached hydrogens (tertiary/aromatic N) is 4. The number of nitriles is 1. The molecule has 0 amide bonds. The number of hydrogen-bond acceptors (Lipinski definition) is 9. The van der Waals surface area contributed by atoms with Gasteiger partial charge in [0.05, 0.1) is 23.0 Å². The van der Waals surface area contributed by atoms with Gasteiger partial charge in [-0.15, -0.1) is 0 Å². The first-order valence-electron chi connectivity index (χ1n) is 10.7. The Morgan fingerprint density at radius 2 is 1.75 bits per heavy atom. The summed E-state index contributed by atoms with van der Waals surface area (Å²) in [5.41, 5.74) is 25.6. The number of benzene rings is 3. The Hall–Kier alpha value is -5.50. The summed E-state index contributed by atoms with van der Waals surface area (Å²) in [5, 5.41) is 12.4. The average molecular weight is 482 g/mol. The molecule has 0 aliphatic heterocycles. The minimum Gasteiger partial charge on any atom is -0.437 e. The van der Waals surface area contributed by atoms with E-state index in [9.17, 15) is 5.26 Å². The number of nitrogen functional groups attached to an aromatic ring is 2. The van der Waals surface area contributed by atoms with Crippen LogP contribution < -0.4 is 37.7 Å². The van der Waals surface area contributed by atoms with Gasteiger partial charge in [0.2, 0.25) is 0 Å². The molecule has 0 bridgehead atoms. The third kappa shape index (κ3) is 5.89. The molecule has 0 unspecified atom stereocenters. The molecule has 0 atom stereocenters. The predicted octanol–water partition coefficient (Wildman–Crippen LogP) is 3.61. The molecule has 0 aliphatic carbocycles. The molecule has 11 nitrogen and oxygen atoms in total. The van der Waals surface area contributed by atoms with Crippen molar-refractivity contribution in [3.63, 3.8) is 0 Å². The van der Waals surface area contributed by atoms with Crippen LogP contribution in [-0.4, -0.2) is 15.9 Å². The van der Waals surface area contributed by atoms with E-state index < -0.39 is 0 Å². The third-order valence-electron chi connectivity index (χ3n) is 4.83. The van der Waals surface area contributed by atoms with Crippen molar-refractivity contribution >= 4 is 28.8 Å².